The molecule has 1 heterocycles. The molecule has 1 aliphatic rings. The van der Waals surface area contributed by atoms with E-state index in [-0.39, 0.29) is 5.54 Å². The van der Waals surface area contributed by atoms with Crippen molar-refractivity contribution in [3.05, 3.63) is 34.3 Å². The highest BCUT2D eigenvalue weighted by Crippen LogP contribution is 2.29. The molecular weight excluding hydrogens is 304 g/mol. The van der Waals surface area contributed by atoms with Gasteiger partial charge >= 0.3 is 0 Å². The second-order valence-electron chi connectivity index (χ2n) is 5.34. The van der Waals surface area contributed by atoms with Crippen LogP contribution in [-0.4, -0.2) is 37.2 Å². The highest BCUT2D eigenvalue weighted by Gasteiger charge is 2.34. The molecule has 1 unspecified atom stereocenters. The first kappa shape index (κ1) is 15.0. The topological polar surface area (TPSA) is 38.5 Å². The van der Waals surface area contributed by atoms with Crippen molar-refractivity contribution < 1.29 is 4.74 Å². The number of ether oxygens (including phenoxy) is 1. The molecule has 4 heteroatoms. The molecule has 0 aliphatic carbocycles. The van der Waals surface area contributed by atoms with Gasteiger partial charge in [-0.25, -0.2) is 0 Å². The van der Waals surface area contributed by atoms with Crippen LogP contribution in [0.2, 0.25) is 0 Å². The van der Waals surface area contributed by atoms with Crippen molar-refractivity contribution in [2.45, 2.75) is 31.3 Å². The van der Waals surface area contributed by atoms with Gasteiger partial charge in [0.1, 0.15) is 0 Å². The number of nitrogens with two attached hydrogens (primary N) is 1. The lowest BCUT2D eigenvalue weighted by molar-refractivity contribution is 0.0833. The zero-order valence-electron chi connectivity index (χ0n) is 11.6. The van der Waals surface area contributed by atoms with Gasteiger partial charge in [0, 0.05) is 36.3 Å². The monoisotopic (exact) mass is 326 g/mol. The summed E-state index contributed by atoms with van der Waals surface area (Å²) in [5.41, 5.74) is 7.47. The normalized spacial score (nSPS) is 24.4. The molecule has 1 aromatic carbocycles. The van der Waals surface area contributed by atoms with Gasteiger partial charge in [-0.05, 0) is 37.9 Å². The maximum Gasteiger partial charge on any atom is 0.0484 e. The summed E-state index contributed by atoms with van der Waals surface area (Å²) < 4.78 is 6.75. The smallest absolute Gasteiger partial charge is 0.0484 e. The Morgan fingerprint density at radius 3 is 2.84 bits per heavy atom. The van der Waals surface area contributed by atoms with Gasteiger partial charge in [0.05, 0.1) is 0 Å². The zero-order valence-corrected chi connectivity index (χ0v) is 13.2. The Morgan fingerprint density at radius 1 is 1.32 bits per heavy atom. The summed E-state index contributed by atoms with van der Waals surface area (Å²) in [6.07, 6.45) is 3.23. The van der Waals surface area contributed by atoms with Crippen molar-refractivity contribution in [1.82, 2.24) is 4.90 Å². The number of hydrogen-bond acceptors (Lipinski definition) is 3. The maximum absolute atomic E-state index is 6.09. The lowest BCUT2D eigenvalue weighted by atomic mass is 9.88. The molecule has 2 rings (SSSR count). The molecule has 1 saturated heterocycles. The van der Waals surface area contributed by atoms with Crippen molar-refractivity contribution in [3.63, 3.8) is 0 Å². The summed E-state index contributed by atoms with van der Waals surface area (Å²) in [4.78, 5) is 2.40. The van der Waals surface area contributed by atoms with Gasteiger partial charge in [-0.1, -0.05) is 34.1 Å². The second kappa shape index (κ2) is 6.84. The predicted molar refractivity (Wildman–Crippen MR) is 82.1 cm³/mol. The van der Waals surface area contributed by atoms with Crippen molar-refractivity contribution in [2.24, 2.45) is 5.73 Å². The molecule has 0 radical (unpaired) electrons. The number of halogens is 1. The van der Waals surface area contributed by atoms with E-state index < -0.39 is 0 Å². The minimum atomic E-state index is 0.0752. The minimum Gasteiger partial charge on any atom is -0.381 e. The molecule has 1 fully saturated rings. The number of likely N-dealkylation sites (N-methyl/N-ethyl adjacent to an activating group) is 1. The SMILES string of the molecule is CN(Cc1ccccc1Br)C1(CN)CCCOCC1. The Kier molecular flexibility index (Phi) is 5.39. The van der Waals surface area contributed by atoms with E-state index in [2.05, 4.69) is 46.1 Å². The van der Waals surface area contributed by atoms with Crippen LogP contribution in [0.25, 0.3) is 0 Å². The Hall–Kier alpha value is -0.420. The van der Waals surface area contributed by atoms with E-state index in [1.807, 2.05) is 6.07 Å². The van der Waals surface area contributed by atoms with Crippen LogP contribution in [-0.2, 0) is 11.3 Å². The fraction of sp³-hybridized carbons (Fsp3) is 0.600. The summed E-state index contributed by atoms with van der Waals surface area (Å²) >= 11 is 3.62. The molecule has 0 amide bonds. The number of benzene rings is 1. The van der Waals surface area contributed by atoms with Gasteiger partial charge in [-0.2, -0.15) is 0 Å². The first-order chi connectivity index (χ1) is 9.18. The fourth-order valence-corrected chi connectivity index (χ4v) is 3.19. The van der Waals surface area contributed by atoms with Gasteiger partial charge < -0.3 is 10.5 Å². The average molecular weight is 327 g/mol. The number of nitrogens with zero attached hydrogens (tertiary/aromatic N) is 1. The predicted octanol–water partition coefficient (Wildman–Crippen LogP) is 2.78. The maximum atomic E-state index is 6.09. The second-order valence-corrected chi connectivity index (χ2v) is 6.20. The van der Waals surface area contributed by atoms with Gasteiger partial charge in [0.25, 0.3) is 0 Å². The highest BCUT2D eigenvalue weighted by molar-refractivity contribution is 9.10. The van der Waals surface area contributed by atoms with E-state index >= 15 is 0 Å². The molecule has 0 bridgehead atoms. The fourth-order valence-electron chi connectivity index (χ4n) is 2.78. The van der Waals surface area contributed by atoms with Crippen LogP contribution in [0.4, 0.5) is 0 Å². The summed E-state index contributed by atoms with van der Waals surface area (Å²) in [5, 5.41) is 0. The zero-order chi connectivity index (χ0) is 13.7. The van der Waals surface area contributed by atoms with Gasteiger partial charge in [0.2, 0.25) is 0 Å². The Morgan fingerprint density at radius 2 is 2.11 bits per heavy atom. The van der Waals surface area contributed by atoms with Crippen LogP contribution in [0, 0.1) is 0 Å². The van der Waals surface area contributed by atoms with Gasteiger partial charge in [-0.3, -0.25) is 4.90 Å². The number of hydrogen-bond donors (Lipinski definition) is 1. The third-order valence-electron chi connectivity index (χ3n) is 4.20. The summed E-state index contributed by atoms with van der Waals surface area (Å²) in [6.45, 7) is 3.29. The lowest BCUT2D eigenvalue weighted by Gasteiger charge is -2.40. The van der Waals surface area contributed by atoms with Crippen molar-refractivity contribution in [3.8, 4) is 0 Å². The molecule has 0 saturated carbocycles. The molecule has 106 valence electrons. The Labute approximate surface area is 124 Å². The van der Waals surface area contributed by atoms with E-state index in [4.69, 9.17) is 10.5 Å². The quantitative estimate of drug-likeness (QED) is 0.924. The molecule has 2 N–H and O–H groups in total. The van der Waals surface area contributed by atoms with E-state index in [1.54, 1.807) is 0 Å². The van der Waals surface area contributed by atoms with Crippen LogP contribution in [0.5, 0.6) is 0 Å². The van der Waals surface area contributed by atoms with E-state index in [0.29, 0.717) is 6.54 Å². The van der Waals surface area contributed by atoms with Crippen LogP contribution in [0.1, 0.15) is 24.8 Å². The van der Waals surface area contributed by atoms with E-state index in [9.17, 15) is 0 Å². The average Bonchev–Trinajstić information content (AvgIpc) is 2.67. The minimum absolute atomic E-state index is 0.0752. The third kappa shape index (κ3) is 3.57. The van der Waals surface area contributed by atoms with E-state index in [0.717, 1.165) is 39.0 Å². The van der Waals surface area contributed by atoms with Gasteiger partial charge in [0.15, 0.2) is 0 Å². The molecule has 1 aliphatic heterocycles. The molecule has 3 nitrogen and oxygen atoms in total. The standard InChI is InChI=1S/C15H23BrN2O/c1-18(11-13-5-2-3-6-14(13)16)15(12-17)7-4-9-19-10-8-15/h2-3,5-6H,4,7-12,17H2,1H3. The Balaban J connectivity index is 2.12. The molecule has 0 aromatic heterocycles. The molecule has 0 spiro atoms. The largest absolute Gasteiger partial charge is 0.381 e. The third-order valence-corrected chi connectivity index (χ3v) is 4.97. The summed E-state index contributed by atoms with van der Waals surface area (Å²) in [5.74, 6) is 0. The Bertz CT molecular complexity index is 403. The van der Waals surface area contributed by atoms with Crippen molar-refractivity contribution >= 4 is 15.9 Å². The molecule has 1 atom stereocenters. The van der Waals surface area contributed by atoms with Crippen LogP contribution < -0.4 is 5.73 Å². The summed E-state index contributed by atoms with van der Waals surface area (Å²) in [7, 11) is 2.18. The van der Waals surface area contributed by atoms with E-state index in [1.165, 1.54) is 10.0 Å². The van der Waals surface area contributed by atoms with Crippen molar-refractivity contribution in [2.75, 3.05) is 26.8 Å². The first-order valence-corrected chi connectivity index (χ1v) is 7.70. The molecule has 19 heavy (non-hydrogen) atoms. The van der Waals surface area contributed by atoms with Gasteiger partial charge in [-0.15, -0.1) is 0 Å². The van der Waals surface area contributed by atoms with Crippen LogP contribution in [0.15, 0.2) is 28.7 Å². The van der Waals surface area contributed by atoms with Crippen LogP contribution >= 0.6 is 15.9 Å². The van der Waals surface area contributed by atoms with Crippen molar-refractivity contribution in [1.29, 1.82) is 0 Å². The molecular formula is C15H23BrN2O. The lowest BCUT2D eigenvalue weighted by Crippen LogP contribution is -2.51. The van der Waals surface area contributed by atoms with Crippen LogP contribution in [0.3, 0.4) is 0 Å². The summed E-state index contributed by atoms with van der Waals surface area (Å²) in [6, 6.07) is 8.39. The molecule has 1 aromatic rings. The number of rotatable bonds is 4. The highest BCUT2D eigenvalue weighted by atomic mass is 79.9. The first-order valence-electron chi connectivity index (χ1n) is 6.90.